The number of hydrogen-bond acceptors (Lipinski definition) is 11. The summed E-state index contributed by atoms with van der Waals surface area (Å²) in [5.41, 5.74) is 0.677. The highest BCUT2D eigenvalue weighted by Crippen LogP contribution is 2.57. The van der Waals surface area contributed by atoms with E-state index < -0.39 is 77.8 Å². The molecule has 7 atom stereocenters. The summed E-state index contributed by atoms with van der Waals surface area (Å²) in [5, 5.41) is 55.7. The van der Waals surface area contributed by atoms with Gasteiger partial charge in [-0.25, -0.2) is 0 Å². The Labute approximate surface area is 177 Å². The number of hydrogen-bond donors (Lipinski definition) is 8. The number of aliphatic hydroxyl groups is 6. The molecule has 0 heterocycles. The molecular weight excluding hydrogens is 463 g/mol. The highest BCUT2D eigenvalue weighted by atomic mass is 32.2. The largest absolute Gasteiger partial charge is 0.394 e. The van der Waals surface area contributed by atoms with Crippen molar-refractivity contribution in [1.29, 1.82) is 0 Å². The Morgan fingerprint density at radius 3 is 2.16 bits per heavy atom. The van der Waals surface area contributed by atoms with Gasteiger partial charge in [0, 0.05) is 0 Å². The Morgan fingerprint density at radius 2 is 1.68 bits per heavy atom. The minimum atomic E-state index is -5.85. The lowest BCUT2D eigenvalue weighted by Gasteiger charge is -2.49. The van der Waals surface area contributed by atoms with Crippen molar-refractivity contribution in [3.05, 3.63) is 29.8 Å². The molecule has 1 fully saturated rings. The molecule has 31 heavy (non-hydrogen) atoms. The molecule has 0 saturated heterocycles. The molecule has 15 heteroatoms. The van der Waals surface area contributed by atoms with Crippen LogP contribution in [0.2, 0.25) is 0 Å². The van der Waals surface area contributed by atoms with Crippen LogP contribution in [0.25, 0.3) is 0 Å². The van der Waals surface area contributed by atoms with Gasteiger partial charge in [-0.05, 0) is 19.1 Å². The molecule has 0 aromatic heterocycles. The van der Waals surface area contributed by atoms with E-state index in [0.29, 0.717) is 5.56 Å². The fourth-order valence-corrected chi connectivity index (χ4v) is 5.25. The van der Waals surface area contributed by atoms with Gasteiger partial charge in [0.05, 0.1) is 18.1 Å². The summed E-state index contributed by atoms with van der Waals surface area (Å²) in [6.07, 6.45) is -13.7. The predicted molar refractivity (Wildman–Crippen MR) is 101 cm³/mol. The van der Waals surface area contributed by atoms with E-state index in [9.17, 15) is 48.3 Å². The minimum absolute atomic E-state index is 0.476. The van der Waals surface area contributed by atoms with E-state index in [-0.39, 0.29) is 0 Å². The van der Waals surface area contributed by atoms with E-state index in [1.165, 1.54) is 12.1 Å². The second-order valence-electron chi connectivity index (χ2n) is 7.17. The van der Waals surface area contributed by atoms with Gasteiger partial charge in [-0.1, -0.05) is 17.7 Å². The van der Waals surface area contributed by atoms with Crippen molar-refractivity contribution in [3.8, 4) is 0 Å². The van der Waals surface area contributed by atoms with Gasteiger partial charge >= 0.3 is 7.60 Å². The molecule has 1 saturated carbocycles. The van der Waals surface area contributed by atoms with Crippen molar-refractivity contribution in [3.63, 3.8) is 0 Å². The van der Waals surface area contributed by atoms with Crippen LogP contribution >= 0.6 is 7.60 Å². The summed E-state index contributed by atoms with van der Waals surface area (Å²) in [6.45, 7) is 0.0298. The standard InChI is InChI=1S/C16H25O13PS/c1-8-2-4-10(5-3-8)31(26,27)29-15-13(28-7-9(18)6-17)11(19)12(20)14(21)16(15,22)30(23,24)25/h2-5,9,11-15,17-22H,6-7H2,1H3,(H2,23,24,25). The lowest BCUT2D eigenvalue weighted by atomic mass is 9.84. The van der Waals surface area contributed by atoms with Crippen LogP contribution in [0.1, 0.15) is 5.56 Å². The van der Waals surface area contributed by atoms with E-state index >= 15 is 0 Å². The summed E-state index contributed by atoms with van der Waals surface area (Å²) >= 11 is 0. The molecule has 1 aromatic rings. The molecule has 0 aliphatic heterocycles. The van der Waals surface area contributed by atoms with Crippen LogP contribution < -0.4 is 0 Å². The summed E-state index contributed by atoms with van der Waals surface area (Å²) < 4.78 is 47.4. The van der Waals surface area contributed by atoms with Crippen molar-refractivity contribution in [2.45, 2.75) is 53.8 Å². The summed E-state index contributed by atoms with van der Waals surface area (Å²) in [4.78, 5) is 18.9. The van der Waals surface area contributed by atoms with Gasteiger partial charge in [0.25, 0.3) is 10.1 Å². The second-order valence-corrected chi connectivity index (χ2v) is 10.5. The lowest BCUT2D eigenvalue weighted by molar-refractivity contribution is -0.250. The normalized spacial score (nSPS) is 33.3. The quantitative estimate of drug-likeness (QED) is 0.133. The molecule has 0 radical (unpaired) electrons. The van der Waals surface area contributed by atoms with Crippen molar-refractivity contribution in [1.82, 2.24) is 0 Å². The van der Waals surface area contributed by atoms with Crippen LogP contribution in [0, 0.1) is 6.92 Å². The molecule has 178 valence electrons. The van der Waals surface area contributed by atoms with Crippen molar-refractivity contribution in [2.75, 3.05) is 13.2 Å². The van der Waals surface area contributed by atoms with Gasteiger partial charge in [-0.3, -0.25) is 8.75 Å². The lowest BCUT2D eigenvalue weighted by Crippen LogP contribution is -2.71. The SMILES string of the molecule is Cc1ccc(S(=O)(=O)OC2C(OCC(O)CO)C(O)C(O)C(O)C2(O)P(=O)(O)O)cc1. The monoisotopic (exact) mass is 488 g/mol. The van der Waals surface area contributed by atoms with Gasteiger partial charge < -0.3 is 45.2 Å². The zero-order chi connectivity index (χ0) is 23.8. The molecule has 1 aliphatic carbocycles. The maximum Gasteiger partial charge on any atom is 0.362 e. The van der Waals surface area contributed by atoms with E-state index in [0.717, 1.165) is 12.1 Å². The Balaban J connectivity index is 2.56. The molecule has 0 spiro atoms. The Kier molecular flexibility index (Phi) is 8.02. The molecular formula is C16H25O13PS. The average Bonchev–Trinajstić information content (AvgIpc) is 2.69. The van der Waals surface area contributed by atoms with Crippen LogP contribution in [-0.2, 0) is 23.6 Å². The fourth-order valence-electron chi connectivity index (χ4n) is 3.04. The highest BCUT2D eigenvalue weighted by molar-refractivity contribution is 7.86. The predicted octanol–water partition coefficient (Wildman–Crippen LogP) is -3.23. The van der Waals surface area contributed by atoms with Crippen LogP contribution in [0.15, 0.2) is 29.2 Å². The van der Waals surface area contributed by atoms with Crippen molar-refractivity contribution >= 4 is 17.7 Å². The molecule has 1 aromatic carbocycles. The van der Waals surface area contributed by atoms with Crippen LogP contribution in [-0.4, -0.2) is 104 Å². The van der Waals surface area contributed by atoms with E-state index in [1.54, 1.807) is 6.92 Å². The summed E-state index contributed by atoms with van der Waals surface area (Å²) in [5.74, 6) is 0. The summed E-state index contributed by atoms with van der Waals surface area (Å²) in [7, 11) is -10.7. The average molecular weight is 488 g/mol. The van der Waals surface area contributed by atoms with Crippen molar-refractivity contribution < 1.29 is 62.3 Å². The van der Waals surface area contributed by atoms with Gasteiger partial charge in [0.2, 0.25) is 5.34 Å². The maximum absolute atomic E-state index is 12.7. The van der Waals surface area contributed by atoms with Crippen molar-refractivity contribution in [2.24, 2.45) is 0 Å². The summed E-state index contributed by atoms with van der Waals surface area (Å²) in [6, 6.07) is 5.00. The van der Waals surface area contributed by atoms with Crippen LogP contribution in [0.4, 0.5) is 0 Å². The first-order chi connectivity index (χ1) is 14.2. The maximum atomic E-state index is 12.7. The second kappa shape index (κ2) is 9.47. The first-order valence-corrected chi connectivity index (χ1v) is 11.9. The molecule has 13 nitrogen and oxygen atoms in total. The third kappa shape index (κ3) is 5.16. The smallest absolute Gasteiger partial charge is 0.362 e. The zero-order valence-electron chi connectivity index (χ0n) is 16.2. The van der Waals surface area contributed by atoms with E-state index in [4.69, 9.17) is 14.0 Å². The number of ether oxygens (including phenoxy) is 1. The zero-order valence-corrected chi connectivity index (χ0v) is 17.9. The third-order valence-electron chi connectivity index (χ3n) is 4.86. The molecule has 7 unspecified atom stereocenters. The Hall–Kier alpha value is -1.00. The van der Waals surface area contributed by atoms with Crippen LogP contribution in [0.3, 0.4) is 0 Å². The molecule has 8 N–H and O–H groups in total. The molecule has 1 aliphatic rings. The first kappa shape index (κ1) is 26.3. The number of rotatable bonds is 8. The van der Waals surface area contributed by atoms with Crippen LogP contribution in [0.5, 0.6) is 0 Å². The Morgan fingerprint density at radius 1 is 1.13 bits per heavy atom. The van der Waals surface area contributed by atoms with Gasteiger partial charge in [0.15, 0.2) is 0 Å². The molecule has 2 rings (SSSR count). The molecule has 0 amide bonds. The highest BCUT2D eigenvalue weighted by Gasteiger charge is 2.69. The number of benzene rings is 1. The number of aryl methyl sites for hydroxylation is 1. The minimum Gasteiger partial charge on any atom is -0.394 e. The third-order valence-corrected chi connectivity index (χ3v) is 7.62. The number of aliphatic hydroxyl groups excluding tert-OH is 5. The van der Waals surface area contributed by atoms with E-state index in [1.807, 2.05) is 0 Å². The van der Waals surface area contributed by atoms with Gasteiger partial charge in [0.1, 0.15) is 36.6 Å². The van der Waals surface area contributed by atoms with E-state index in [2.05, 4.69) is 0 Å². The van der Waals surface area contributed by atoms with Gasteiger partial charge in [-0.15, -0.1) is 0 Å². The Bertz CT molecular complexity index is 901. The molecule has 0 bridgehead atoms. The van der Waals surface area contributed by atoms with Gasteiger partial charge in [-0.2, -0.15) is 8.42 Å². The topological polar surface area (TPSA) is 232 Å². The fraction of sp³-hybridized carbons (Fsp3) is 0.625. The first-order valence-electron chi connectivity index (χ1n) is 8.89.